The maximum atomic E-state index is 5.90. The summed E-state index contributed by atoms with van der Waals surface area (Å²) in [6.45, 7) is 9.34. The van der Waals surface area contributed by atoms with E-state index in [9.17, 15) is 0 Å². The van der Waals surface area contributed by atoms with Crippen molar-refractivity contribution in [1.29, 1.82) is 0 Å². The second-order valence-electron chi connectivity index (χ2n) is 6.05. The molecule has 0 aromatic carbocycles. The standard InChI is InChI=1S/C16H25N7O/c1-11-15(12(2)22(3)21-11)13-10-14(20-16(17)19-13)18-4-5-23-6-8-24-9-7-23/h10H,4-9H2,1-3H3,(H3,17,18,19,20). The average molecular weight is 331 g/mol. The molecule has 24 heavy (non-hydrogen) atoms. The number of nitrogen functional groups attached to an aromatic ring is 1. The number of nitrogens with two attached hydrogens (primary N) is 1. The number of rotatable bonds is 5. The van der Waals surface area contributed by atoms with Crippen LogP contribution in [-0.2, 0) is 11.8 Å². The van der Waals surface area contributed by atoms with Gasteiger partial charge in [-0.3, -0.25) is 9.58 Å². The van der Waals surface area contributed by atoms with Gasteiger partial charge < -0.3 is 15.8 Å². The number of anilines is 2. The third-order valence-electron chi connectivity index (χ3n) is 4.35. The fraction of sp³-hybridized carbons (Fsp3) is 0.562. The van der Waals surface area contributed by atoms with Crippen LogP contribution in [0.4, 0.5) is 11.8 Å². The molecule has 0 radical (unpaired) electrons. The lowest BCUT2D eigenvalue weighted by atomic mass is 10.1. The first-order valence-electron chi connectivity index (χ1n) is 8.23. The highest BCUT2D eigenvalue weighted by atomic mass is 16.5. The zero-order valence-electron chi connectivity index (χ0n) is 14.5. The highest BCUT2D eigenvalue weighted by Crippen LogP contribution is 2.26. The Morgan fingerprint density at radius 1 is 1.25 bits per heavy atom. The van der Waals surface area contributed by atoms with Crippen LogP contribution in [0.1, 0.15) is 11.4 Å². The lowest BCUT2D eigenvalue weighted by molar-refractivity contribution is 0.0398. The Bertz CT molecular complexity index is 707. The van der Waals surface area contributed by atoms with Gasteiger partial charge in [0, 0.05) is 50.6 Å². The molecule has 2 aromatic rings. The van der Waals surface area contributed by atoms with Gasteiger partial charge in [0.05, 0.1) is 24.6 Å². The molecule has 0 bridgehead atoms. The zero-order chi connectivity index (χ0) is 17.1. The van der Waals surface area contributed by atoms with Crippen LogP contribution in [0.15, 0.2) is 6.07 Å². The average Bonchev–Trinajstić information content (AvgIpc) is 2.80. The van der Waals surface area contributed by atoms with E-state index in [4.69, 9.17) is 10.5 Å². The molecule has 8 heteroatoms. The summed E-state index contributed by atoms with van der Waals surface area (Å²) in [7, 11) is 1.93. The molecule has 8 nitrogen and oxygen atoms in total. The SMILES string of the molecule is Cc1nn(C)c(C)c1-c1cc(NCCN2CCOCC2)nc(N)n1. The summed E-state index contributed by atoms with van der Waals surface area (Å²) in [6.07, 6.45) is 0. The molecule has 0 unspecified atom stereocenters. The third kappa shape index (κ3) is 3.65. The molecule has 0 amide bonds. The van der Waals surface area contributed by atoms with Crippen LogP contribution in [0.5, 0.6) is 0 Å². The van der Waals surface area contributed by atoms with Crippen molar-refractivity contribution in [3.8, 4) is 11.3 Å². The Kier molecular flexibility index (Phi) is 4.96. The van der Waals surface area contributed by atoms with Crippen molar-refractivity contribution >= 4 is 11.8 Å². The highest BCUT2D eigenvalue weighted by Gasteiger charge is 2.15. The number of hydrogen-bond acceptors (Lipinski definition) is 7. The van der Waals surface area contributed by atoms with Gasteiger partial charge in [-0.05, 0) is 13.8 Å². The first-order valence-corrected chi connectivity index (χ1v) is 8.23. The molecule has 3 heterocycles. The minimum absolute atomic E-state index is 0.268. The molecule has 3 rings (SSSR count). The van der Waals surface area contributed by atoms with Crippen LogP contribution in [0.25, 0.3) is 11.3 Å². The van der Waals surface area contributed by atoms with E-state index < -0.39 is 0 Å². The summed E-state index contributed by atoms with van der Waals surface area (Å²) in [5.74, 6) is 1.01. The molecule has 2 aromatic heterocycles. The molecule has 1 fully saturated rings. The van der Waals surface area contributed by atoms with E-state index in [1.807, 2.05) is 31.6 Å². The first kappa shape index (κ1) is 16.7. The van der Waals surface area contributed by atoms with Crippen molar-refractivity contribution in [3.05, 3.63) is 17.5 Å². The normalized spacial score (nSPS) is 15.6. The summed E-state index contributed by atoms with van der Waals surface area (Å²) in [4.78, 5) is 11.0. The van der Waals surface area contributed by atoms with E-state index in [0.29, 0.717) is 0 Å². The van der Waals surface area contributed by atoms with Crippen molar-refractivity contribution in [2.45, 2.75) is 13.8 Å². The second-order valence-corrected chi connectivity index (χ2v) is 6.05. The van der Waals surface area contributed by atoms with E-state index in [-0.39, 0.29) is 5.95 Å². The van der Waals surface area contributed by atoms with E-state index in [0.717, 1.165) is 67.9 Å². The van der Waals surface area contributed by atoms with Gasteiger partial charge in [-0.15, -0.1) is 0 Å². The Balaban J connectivity index is 1.71. The number of hydrogen-bond donors (Lipinski definition) is 2. The Hall–Kier alpha value is -2.19. The topological polar surface area (TPSA) is 94.1 Å². The van der Waals surface area contributed by atoms with Gasteiger partial charge in [-0.25, -0.2) is 4.98 Å². The second kappa shape index (κ2) is 7.14. The minimum Gasteiger partial charge on any atom is -0.379 e. The molecule has 1 saturated heterocycles. The fourth-order valence-electron chi connectivity index (χ4n) is 3.00. The molecule has 3 N–H and O–H groups in total. The lowest BCUT2D eigenvalue weighted by Gasteiger charge is -2.26. The maximum absolute atomic E-state index is 5.90. The first-order chi connectivity index (χ1) is 11.5. The Labute approximate surface area is 142 Å². The van der Waals surface area contributed by atoms with Gasteiger partial charge >= 0.3 is 0 Å². The molecule has 0 saturated carbocycles. The summed E-state index contributed by atoms with van der Waals surface area (Å²) in [6, 6.07) is 1.94. The predicted molar refractivity (Wildman–Crippen MR) is 93.9 cm³/mol. The van der Waals surface area contributed by atoms with E-state index >= 15 is 0 Å². The largest absolute Gasteiger partial charge is 0.379 e. The molecular weight excluding hydrogens is 306 g/mol. The lowest BCUT2D eigenvalue weighted by Crippen LogP contribution is -2.39. The van der Waals surface area contributed by atoms with Crippen molar-refractivity contribution in [3.63, 3.8) is 0 Å². The summed E-state index contributed by atoms with van der Waals surface area (Å²) in [5, 5.41) is 7.79. The summed E-state index contributed by atoms with van der Waals surface area (Å²) < 4.78 is 7.22. The van der Waals surface area contributed by atoms with Gasteiger partial charge in [0.1, 0.15) is 5.82 Å². The van der Waals surface area contributed by atoms with E-state index in [1.54, 1.807) is 0 Å². The highest BCUT2D eigenvalue weighted by molar-refractivity contribution is 5.68. The van der Waals surface area contributed by atoms with Crippen LogP contribution < -0.4 is 11.1 Å². The van der Waals surface area contributed by atoms with Crippen molar-refractivity contribution in [2.24, 2.45) is 7.05 Å². The number of aromatic nitrogens is 4. The predicted octanol–water partition coefficient (Wildman–Crippen LogP) is 0.820. The minimum atomic E-state index is 0.268. The maximum Gasteiger partial charge on any atom is 0.222 e. The van der Waals surface area contributed by atoms with Crippen LogP contribution in [0.2, 0.25) is 0 Å². The van der Waals surface area contributed by atoms with Crippen LogP contribution in [-0.4, -0.2) is 64.0 Å². The molecule has 0 aliphatic carbocycles. The molecule has 1 aliphatic rings. The molecule has 130 valence electrons. The molecule has 1 aliphatic heterocycles. The molecular formula is C16H25N7O. The Morgan fingerprint density at radius 3 is 2.67 bits per heavy atom. The quantitative estimate of drug-likeness (QED) is 0.837. The third-order valence-corrected chi connectivity index (χ3v) is 4.35. The van der Waals surface area contributed by atoms with E-state index in [2.05, 4.69) is 25.3 Å². The number of nitrogens with zero attached hydrogens (tertiary/aromatic N) is 5. The fourth-order valence-corrected chi connectivity index (χ4v) is 3.00. The number of aryl methyl sites for hydroxylation is 2. The molecule has 0 atom stereocenters. The number of ether oxygens (including phenoxy) is 1. The van der Waals surface area contributed by atoms with E-state index in [1.165, 1.54) is 0 Å². The van der Waals surface area contributed by atoms with Crippen molar-refractivity contribution < 1.29 is 4.74 Å². The van der Waals surface area contributed by atoms with Gasteiger partial charge in [0.25, 0.3) is 0 Å². The van der Waals surface area contributed by atoms with Crippen molar-refractivity contribution in [1.82, 2.24) is 24.6 Å². The zero-order valence-corrected chi connectivity index (χ0v) is 14.5. The van der Waals surface area contributed by atoms with Crippen LogP contribution in [0.3, 0.4) is 0 Å². The van der Waals surface area contributed by atoms with Crippen molar-refractivity contribution in [2.75, 3.05) is 50.4 Å². The monoisotopic (exact) mass is 331 g/mol. The summed E-state index contributed by atoms with van der Waals surface area (Å²) >= 11 is 0. The van der Waals surface area contributed by atoms with Gasteiger partial charge in [-0.1, -0.05) is 0 Å². The summed E-state index contributed by atoms with van der Waals surface area (Å²) in [5.41, 5.74) is 9.72. The van der Waals surface area contributed by atoms with Gasteiger partial charge in [-0.2, -0.15) is 10.1 Å². The number of nitrogens with one attached hydrogen (secondary N) is 1. The number of morpholine rings is 1. The smallest absolute Gasteiger partial charge is 0.222 e. The van der Waals surface area contributed by atoms with Gasteiger partial charge in [0.15, 0.2) is 0 Å². The van der Waals surface area contributed by atoms with Gasteiger partial charge in [0.2, 0.25) is 5.95 Å². The molecule has 0 spiro atoms. The van der Waals surface area contributed by atoms with Crippen LogP contribution in [0, 0.1) is 13.8 Å². The van der Waals surface area contributed by atoms with Crippen LogP contribution >= 0.6 is 0 Å². The Morgan fingerprint density at radius 2 is 2.00 bits per heavy atom.